The maximum Gasteiger partial charge on any atom is 0.254 e. The number of ether oxygens (including phenoxy) is 1. The number of rotatable bonds is 5. The van der Waals surface area contributed by atoms with Crippen molar-refractivity contribution < 1.29 is 14.3 Å². The SMILES string of the molecule is Cc1ccc2nc(COc3cccc(C(=O)N4CCN(C(=O)C5CCC5)CC4)c3)cn2c1. The average Bonchev–Trinajstić information content (AvgIpc) is 3.18. The molecule has 2 fully saturated rings. The molecule has 0 bridgehead atoms. The average molecular weight is 433 g/mol. The topological polar surface area (TPSA) is 67.2 Å². The summed E-state index contributed by atoms with van der Waals surface area (Å²) in [6, 6.07) is 11.3. The Bertz CT molecular complexity index is 1140. The largest absolute Gasteiger partial charge is 0.487 e. The normalized spacial score (nSPS) is 16.8. The molecule has 0 spiro atoms. The molecule has 2 aliphatic rings. The molecule has 0 N–H and O–H groups in total. The first-order chi connectivity index (χ1) is 15.6. The van der Waals surface area contributed by atoms with E-state index in [1.807, 2.05) is 63.8 Å². The Balaban J connectivity index is 1.19. The number of carbonyl (C=O) groups excluding carboxylic acids is 2. The molecule has 0 atom stereocenters. The van der Waals surface area contributed by atoms with Crippen LogP contribution in [0.25, 0.3) is 5.65 Å². The minimum atomic E-state index is -0.0191. The number of hydrogen-bond donors (Lipinski definition) is 0. The van der Waals surface area contributed by atoms with Crippen LogP contribution in [0.3, 0.4) is 0 Å². The van der Waals surface area contributed by atoms with Crippen molar-refractivity contribution in [1.29, 1.82) is 0 Å². The number of fused-ring (bicyclic) bond motifs is 1. The summed E-state index contributed by atoms with van der Waals surface area (Å²) in [5, 5.41) is 0. The zero-order valence-electron chi connectivity index (χ0n) is 18.4. The summed E-state index contributed by atoms with van der Waals surface area (Å²) >= 11 is 0. The van der Waals surface area contributed by atoms with E-state index >= 15 is 0 Å². The Morgan fingerprint density at radius 3 is 2.56 bits per heavy atom. The first kappa shape index (κ1) is 20.5. The molecular weight excluding hydrogens is 404 g/mol. The lowest BCUT2D eigenvalue weighted by atomic mass is 9.84. The van der Waals surface area contributed by atoms with Crippen LogP contribution in [0, 0.1) is 12.8 Å². The van der Waals surface area contributed by atoms with Gasteiger partial charge in [0.2, 0.25) is 5.91 Å². The van der Waals surface area contributed by atoms with E-state index in [1.54, 1.807) is 6.07 Å². The highest BCUT2D eigenvalue weighted by Gasteiger charge is 2.32. The Morgan fingerprint density at radius 2 is 1.81 bits per heavy atom. The fraction of sp³-hybridized carbons (Fsp3) is 0.400. The number of amides is 2. The van der Waals surface area contributed by atoms with Gasteiger partial charge in [-0.05, 0) is 49.6 Å². The molecule has 3 aromatic rings. The lowest BCUT2D eigenvalue weighted by Gasteiger charge is -2.38. The molecule has 3 heterocycles. The van der Waals surface area contributed by atoms with Crippen molar-refractivity contribution in [2.45, 2.75) is 32.8 Å². The van der Waals surface area contributed by atoms with Gasteiger partial charge in [-0.2, -0.15) is 0 Å². The summed E-state index contributed by atoms with van der Waals surface area (Å²) in [5.41, 5.74) is 3.49. The highest BCUT2D eigenvalue weighted by Crippen LogP contribution is 2.28. The van der Waals surface area contributed by atoms with E-state index in [9.17, 15) is 9.59 Å². The zero-order valence-corrected chi connectivity index (χ0v) is 18.4. The van der Waals surface area contributed by atoms with Crippen LogP contribution in [0.4, 0.5) is 0 Å². The monoisotopic (exact) mass is 432 g/mol. The van der Waals surface area contributed by atoms with Gasteiger partial charge in [0, 0.05) is 50.1 Å². The van der Waals surface area contributed by atoms with Gasteiger partial charge in [-0.1, -0.05) is 18.6 Å². The van der Waals surface area contributed by atoms with Gasteiger partial charge in [-0.3, -0.25) is 9.59 Å². The highest BCUT2D eigenvalue weighted by molar-refractivity contribution is 5.94. The van der Waals surface area contributed by atoms with Crippen molar-refractivity contribution in [2.24, 2.45) is 5.92 Å². The molecule has 7 nitrogen and oxygen atoms in total. The second kappa shape index (κ2) is 8.65. The molecule has 2 aromatic heterocycles. The molecule has 1 aromatic carbocycles. The Hall–Kier alpha value is -3.35. The molecule has 32 heavy (non-hydrogen) atoms. The lowest BCUT2D eigenvalue weighted by molar-refractivity contribution is -0.139. The van der Waals surface area contributed by atoms with Crippen LogP contribution in [0.1, 0.15) is 40.9 Å². The summed E-state index contributed by atoms with van der Waals surface area (Å²) in [4.78, 5) is 33.8. The third kappa shape index (κ3) is 4.20. The number of aryl methyl sites for hydroxylation is 1. The van der Waals surface area contributed by atoms with E-state index in [-0.39, 0.29) is 17.7 Å². The van der Waals surface area contributed by atoms with Crippen LogP contribution in [0.15, 0.2) is 48.8 Å². The van der Waals surface area contributed by atoms with Crippen molar-refractivity contribution >= 4 is 17.5 Å². The second-order valence-corrected chi connectivity index (χ2v) is 8.77. The van der Waals surface area contributed by atoms with Crippen molar-refractivity contribution in [2.75, 3.05) is 26.2 Å². The maximum absolute atomic E-state index is 13.0. The highest BCUT2D eigenvalue weighted by atomic mass is 16.5. The first-order valence-corrected chi connectivity index (χ1v) is 11.3. The van der Waals surface area contributed by atoms with E-state index < -0.39 is 0 Å². The summed E-state index contributed by atoms with van der Waals surface area (Å²) in [7, 11) is 0. The fourth-order valence-electron chi connectivity index (χ4n) is 4.33. The summed E-state index contributed by atoms with van der Waals surface area (Å²) in [6.45, 7) is 4.76. The molecule has 1 aliphatic carbocycles. The number of benzene rings is 1. The van der Waals surface area contributed by atoms with Crippen LogP contribution in [0.2, 0.25) is 0 Å². The lowest BCUT2D eigenvalue weighted by Crippen LogP contribution is -2.52. The third-order valence-electron chi connectivity index (χ3n) is 6.45. The van der Waals surface area contributed by atoms with E-state index in [4.69, 9.17) is 4.74 Å². The molecule has 1 saturated heterocycles. The molecule has 166 valence electrons. The molecule has 2 amide bonds. The van der Waals surface area contributed by atoms with Gasteiger partial charge in [-0.25, -0.2) is 4.98 Å². The van der Waals surface area contributed by atoms with Gasteiger partial charge in [0.25, 0.3) is 5.91 Å². The number of carbonyl (C=O) groups is 2. The van der Waals surface area contributed by atoms with Gasteiger partial charge in [-0.15, -0.1) is 0 Å². The number of aromatic nitrogens is 2. The predicted octanol–water partition coefficient (Wildman–Crippen LogP) is 3.31. The second-order valence-electron chi connectivity index (χ2n) is 8.77. The van der Waals surface area contributed by atoms with Gasteiger partial charge < -0.3 is 18.9 Å². The Kier molecular flexibility index (Phi) is 5.55. The molecular formula is C25H28N4O3. The smallest absolute Gasteiger partial charge is 0.254 e. The van der Waals surface area contributed by atoms with E-state index in [1.165, 1.54) is 5.56 Å². The Morgan fingerprint density at radius 1 is 1.03 bits per heavy atom. The quantitative estimate of drug-likeness (QED) is 0.620. The number of hydrogen-bond acceptors (Lipinski definition) is 4. The summed E-state index contributed by atoms with van der Waals surface area (Å²) < 4.78 is 7.91. The number of piperazine rings is 1. The van der Waals surface area contributed by atoms with Crippen molar-refractivity contribution in [3.05, 3.63) is 65.6 Å². The van der Waals surface area contributed by atoms with Crippen molar-refractivity contribution in [3.8, 4) is 5.75 Å². The molecule has 1 aliphatic heterocycles. The van der Waals surface area contributed by atoms with Crippen LogP contribution >= 0.6 is 0 Å². The number of nitrogens with zero attached hydrogens (tertiary/aromatic N) is 4. The molecule has 1 saturated carbocycles. The number of pyridine rings is 1. The van der Waals surface area contributed by atoms with E-state index in [0.717, 1.165) is 30.6 Å². The fourth-order valence-corrected chi connectivity index (χ4v) is 4.33. The van der Waals surface area contributed by atoms with Crippen LogP contribution in [-0.2, 0) is 11.4 Å². The van der Waals surface area contributed by atoms with Crippen LogP contribution in [-0.4, -0.2) is 57.2 Å². The van der Waals surface area contributed by atoms with Gasteiger partial charge in [0.1, 0.15) is 18.0 Å². The van der Waals surface area contributed by atoms with Gasteiger partial charge >= 0.3 is 0 Å². The van der Waals surface area contributed by atoms with Gasteiger partial charge in [0.05, 0.1) is 5.69 Å². The minimum Gasteiger partial charge on any atom is -0.487 e. The maximum atomic E-state index is 13.0. The van der Waals surface area contributed by atoms with E-state index in [2.05, 4.69) is 4.98 Å². The number of imidazole rings is 1. The molecule has 5 rings (SSSR count). The Labute approximate surface area is 187 Å². The molecule has 7 heteroatoms. The van der Waals surface area contributed by atoms with Crippen molar-refractivity contribution in [1.82, 2.24) is 19.2 Å². The van der Waals surface area contributed by atoms with E-state index in [0.29, 0.717) is 44.1 Å². The van der Waals surface area contributed by atoms with Crippen LogP contribution in [0.5, 0.6) is 5.75 Å². The first-order valence-electron chi connectivity index (χ1n) is 11.3. The third-order valence-corrected chi connectivity index (χ3v) is 6.45. The standard InChI is InChI=1S/C25H28N4O3/c1-18-8-9-23-26-21(16-29(23)15-18)17-32-22-7-3-6-20(14-22)25(31)28-12-10-27(11-13-28)24(30)19-4-2-5-19/h3,6-9,14-16,19H,2,4-5,10-13,17H2,1H3. The molecule has 0 unspecified atom stereocenters. The van der Waals surface area contributed by atoms with Gasteiger partial charge in [0.15, 0.2) is 0 Å². The molecule has 0 radical (unpaired) electrons. The zero-order chi connectivity index (χ0) is 22.1. The van der Waals surface area contributed by atoms with Crippen molar-refractivity contribution in [3.63, 3.8) is 0 Å². The van der Waals surface area contributed by atoms with Crippen LogP contribution < -0.4 is 4.74 Å². The summed E-state index contributed by atoms with van der Waals surface area (Å²) in [6.07, 6.45) is 7.18. The minimum absolute atomic E-state index is 0.0191. The summed E-state index contributed by atoms with van der Waals surface area (Å²) in [5.74, 6) is 1.10. The predicted molar refractivity (Wildman–Crippen MR) is 121 cm³/mol.